The molecule has 4 heterocycles. The fourth-order valence-electron chi connectivity index (χ4n) is 5.37. The third kappa shape index (κ3) is 6.63. The molecule has 49 heavy (non-hydrogen) atoms. The van der Waals surface area contributed by atoms with E-state index in [2.05, 4.69) is 31.5 Å². The van der Waals surface area contributed by atoms with Crippen molar-refractivity contribution in [1.29, 1.82) is 0 Å². The summed E-state index contributed by atoms with van der Waals surface area (Å²) in [6, 6.07) is 5.23. The van der Waals surface area contributed by atoms with Crippen LogP contribution >= 0.6 is 23.5 Å². The molecule has 3 aliphatic rings. The lowest BCUT2D eigenvalue weighted by Crippen LogP contribution is -2.85. The third-order valence-corrected chi connectivity index (χ3v) is 10.2. The van der Waals surface area contributed by atoms with Gasteiger partial charge in [-0.25, -0.2) is 14.3 Å². The number of β-lactam (4-membered cyclic amide) rings is 1. The molecule has 2 aromatic rings. The molecule has 2 saturated heterocycles. The number of tetrazole rings is 1. The minimum Gasteiger partial charge on any atom is -0.480 e. The number of carbonyl (C=O) groups excluding carboxylic acids is 6. The van der Waals surface area contributed by atoms with Crippen LogP contribution in [-0.2, 0) is 40.1 Å². The maximum absolute atomic E-state index is 13.9. The average Bonchev–Trinajstić information content (AvgIpc) is 3.52. The van der Waals surface area contributed by atoms with Crippen LogP contribution in [0.2, 0.25) is 0 Å². The zero-order valence-electron chi connectivity index (χ0n) is 25.5. The van der Waals surface area contributed by atoms with E-state index < -0.39 is 70.9 Å². The van der Waals surface area contributed by atoms with Crippen LogP contribution in [0.25, 0.3) is 0 Å². The molecule has 3 atom stereocenters. The zero-order valence-corrected chi connectivity index (χ0v) is 27.1. The van der Waals surface area contributed by atoms with Gasteiger partial charge in [0, 0.05) is 31.1 Å². The number of aliphatic carboxylic acids is 2. The van der Waals surface area contributed by atoms with Gasteiger partial charge in [0.15, 0.2) is 0 Å². The lowest BCUT2D eigenvalue weighted by atomic mass is 9.94. The quantitative estimate of drug-likeness (QED) is 0.0484. The highest BCUT2D eigenvalue weighted by molar-refractivity contribution is 8.01. The molecule has 7 amide bonds. The first-order chi connectivity index (χ1) is 23.4. The van der Waals surface area contributed by atoms with Gasteiger partial charge < -0.3 is 31.1 Å². The van der Waals surface area contributed by atoms with Gasteiger partial charge in [0.05, 0.1) is 0 Å². The highest BCUT2D eigenvalue weighted by atomic mass is 32.2. The second kappa shape index (κ2) is 14.3. The number of piperazine rings is 1. The number of aromatic nitrogens is 4. The van der Waals surface area contributed by atoms with Gasteiger partial charge in [-0.05, 0) is 28.5 Å². The molecule has 0 bridgehead atoms. The van der Waals surface area contributed by atoms with Gasteiger partial charge in [-0.2, -0.15) is 0 Å². The standard InChI is InChI=1S/C27H28N10O10S2/c1-2-34-8-9-35(21(43)20(34)42)25(47)29-17(14-6-4-3-5-7-14)19(41)30-27(28-13-38)23(46)37-18(22(44)45)15(11-48-24(27)37)12-49-26-31-32-33-36(26)10-16(39)40/h3-7,13,17,24H,2,8-12H2,1H3,(H,28,38)(H,29,47)(H,30,41)(H,39,40)(H,44,45)/t17?,24-,27-/m1/s1. The molecular formula is C27H28N10O10S2. The van der Waals surface area contributed by atoms with E-state index in [9.17, 15) is 43.5 Å². The Morgan fingerprint density at radius 3 is 2.51 bits per heavy atom. The van der Waals surface area contributed by atoms with E-state index in [4.69, 9.17) is 5.11 Å². The molecule has 258 valence electrons. The summed E-state index contributed by atoms with van der Waals surface area (Å²) >= 11 is 1.98. The zero-order chi connectivity index (χ0) is 35.5. The Bertz CT molecular complexity index is 1750. The van der Waals surface area contributed by atoms with E-state index in [0.717, 1.165) is 33.1 Å². The largest absolute Gasteiger partial charge is 0.480 e. The molecule has 0 spiro atoms. The lowest BCUT2D eigenvalue weighted by Gasteiger charge is -2.56. The summed E-state index contributed by atoms with van der Waals surface area (Å²) in [5, 5.41) is 36.2. The number of rotatable bonds is 13. The van der Waals surface area contributed by atoms with Crippen LogP contribution in [0.3, 0.4) is 0 Å². The van der Waals surface area contributed by atoms with Crippen molar-refractivity contribution in [2.45, 2.75) is 35.7 Å². The van der Waals surface area contributed by atoms with E-state index in [0.29, 0.717) is 4.90 Å². The van der Waals surface area contributed by atoms with Crippen molar-refractivity contribution in [3.63, 3.8) is 0 Å². The van der Waals surface area contributed by atoms with Crippen molar-refractivity contribution >= 4 is 71.5 Å². The Morgan fingerprint density at radius 1 is 1.12 bits per heavy atom. The fraction of sp³-hybridized carbons (Fsp3) is 0.370. The van der Waals surface area contributed by atoms with Crippen molar-refractivity contribution in [2.75, 3.05) is 31.1 Å². The number of carboxylic acid groups (broad SMARTS) is 2. The first kappa shape index (κ1) is 34.8. The van der Waals surface area contributed by atoms with Gasteiger partial charge in [-0.3, -0.25) is 38.6 Å². The predicted octanol–water partition coefficient (Wildman–Crippen LogP) is -2.20. The van der Waals surface area contributed by atoms with Crippen LogP contribution in [0, 0.1) is 0 Å². The van der Waals surface area contributed by atoms with Crippen LogP contribution in [0.4, 0.5) is 4.79 Å². The number of likely N-dealkylation sites (N-methyl/N-ethyl adjacent to an activating group) is 1. The normalized spacial score (nSPS) is 21.0. The number of amides is 7. The number of carbonyl (C=O) groups is 8. The van der Waals surface area contributed by atoms with E-state index in [1.165, 1.54) is 17.0 Å². The highest BCUT2D eigenvalue weighted by Gasteiger charge is 2.66. The highest BCUT2D eigenvalue weighted by Crippen LogP contribution is 2.46. The van der Waals surface area contributed by atoms with Crippen LogP contribution in [0.5, 0.6) is 0 Å². The van der Waals surface area contributed by atoms with E-state index in [1.807, 2.05) is 0 Å². The number of hydrogen-bond donors (Lipinski definition) is 5. The van der Waals surface area contributed by atoms with Crippen molar-refractivity contribution in [3.05, 3.63) is 47.2 Å². The van der Waals surface area contributed by atoms with Crippen LogP contribution in [-0.4, -0.2) is 135 Å². The number of hydrogen-bond acceptors (Lipinski definition) is 13. The second-order valence-corrected chi connectivity index (χ2v) is 12.6. The van der Waals surface area contributed by atoms with Crippen LogP contribution in [0.1, 0.15) is 18.5 Å². The molecule has 22 heteroatoms. The van der Waals surface area contributed by atoms with E-state index in [1.54, 1.807) is 25.1 Å². The summed E-state index contributed by atoms with van der Waals surface area (Å²) in [5.74, 6) is -6.64. The number of nitrogens with zero attached hydrogens (tertiary/aromatic N) is 7. The molecule has 0 aliphatic carbocycles. The second-order valence-electron chi connectivity index (χ2n) is 10.6. The Hall–Kier alpha value is -5.51. The molecule has 0 saturated carbocycles. The number of fused-ring (bicyclic) bond motifs is 1. The van der Waals surface area contributed by atoms with Crippen molar-refractivity contribution < 1.29 is 48.6 Å². The van der Waals surface area contributed by atoms with E-state index >= 15 is 0 Å². The first-order valence-electron chi connectivity index (χ1n) is 14.4. The number of carboxylic acids is 2. The number of urea groups is 1. The molecule has 1 aromatic carbocycles. The Kier molecular flexibility index (Phi) is 10.2. The predicted molar refractivity (Wildman–Crippen MR) is 166 cm³/mol. The maximum Gasteiger partial charge on any atom is 0.352 e. The number of nitrogens with one attached hydrogen (secondary N) is 3. The van der Waals surface area contributed by atoms with Crippen LogP contribution in [0.15, 0.2) is 46.8 Å². The molecule has 5 rings (SSSR count). The summed E-state index contributed by atoms with van der Waals surface area (Å²) < 4.78 is 1.01. The van der Waals surface area contributed by atoms with Gasteiger partial charge in [0.2, 0.25) is 23.1 Å². The maximum atomic E-state index is 13.9. The fourth-order valence-corrected chi connectivity index (χ4v) is 7.81. The summed E-state index contributed by atoms with van der Waals surface area (Å²) in [6.07, 6.45) is 0.168. The molecule has 1 unspecified atom stereocenters. The monoisotopic (exact) mass is 716 g/mol. The summed E-state index contributed by atoms with van der Waals surface area (Å²) in [4.78, 5) is 104. The minimum atomic E-state index is -2.13. The molecule has 0 radical (unpaired) electrons. The average molecular weight is 717 g/mol. The Morgan fingerprint density at radius 2 is 1.86 bits per heavy atom. The molecular weight excluding hydrogens is 688 g/mol. The van der Waals surface area contributed by atoms with Crippen LogP contribution < -0.4 is 16.0 Å². The third-order valence-electron chi connectivity index (χ3n) is 7.72. The topological polar surface area (TPSA) is 266 Å². The van der Waals surface area contributed by atoms with Gasteiger partial charge in [0.25, 0.3) is 5.91 Å². The van der Waals surface area contributed by atoms with Crippen molar-refractivity contribution in [1.82, 2.24) is 50.9 Å². The van der Waals surface area contributed by atoms with Crippen molar-refractivity contribution in [2.24, 2.45) is 0 Å². The Balaban J connectivity index is 1.38. The minimum absolute atomic E-state index is 0.0143. The molecule has 3 aliphatic heterocycles. The van der Waals surface area contributed by atoms with Gasteiger partial charge >= 0.3 is 29.8 Å². The molecule has 2 fully saturated rings. The Labute approximate surface area is 284 Å². The van der Waals surface area contributed by atoms with Gasteiger partial charge in [-0.15, -0.1) is 16.9 Å². The molecule has 1 aromatic heterocycles. The molecule has 5 N–H and O–H groups in total. The number of benzene rings is 1. The number of imide groups is 1. The van der Waals surface area contributed by atoms with Gasteiger partial charge in [0.1, 0.15) is 23.7 Å². The first-order valence-corrected chi connectivity index (χ1v) is 16.5. The lowest BCUT2D eigenvalue weighted by molar-refractivity contribution is -0.163. The summed E-state index contributed by atoms with van der Waals surface area (Å²) in [5.41, 5.74) is -2.04. The van der Waals surface area contributed by atoms with Crippen molar-refractivity contribution in [3.8, 4) is 0 Å². The SMILES string of the molecule is CCN1CCN(C(=O)NC(C(=O)N[C@]2(NC=O)C(=O)N3C(C(=O)O)=C(CSc4nnnn4CC(=O)O)CS[C@@H]32)c2ccccc2)C(=O)C1=O. The van der Waals surface area contributed by atoms with E-state index in [-0.39, 0.29) is 53.8 Å². The number of thioether (sulfide) groups is 2. The summed E-state index contributed by atoms with van der Waals surface area (Å²) in [6.45, 7) is 1.37. The molecule has 20 nitrogen and oxygen atoms in total. The summed E-state index contributed by atoms with van der Waals surface area (Å²) in [7, 11) is 0. The smallest absolute Gasteiger partial charge is 0.352 e. The van der Waals surface area contributed by atoms with Gasteiger partial charge in [-0.1, -0.05) is 42.1 Å².